The first-order valence-electron chi connectivity index (χ1n) is 7.17. The molecule has 3 heterocycles. The molecule has 0 fully saturated rings. The fourth-order valence-corrected chi connectivity index (χ4v) is 2.39. The summed E-state index contributed by atoms with van der Waals surface area (Å²) in [4.78, 5) is 36.2. The number of fused-ring (bicyclic) bond motifs is 1. The van der Waals surface area contributed by atoms with Gasteiger partial charge in [-0.1, -0.05) is 0 Å². The molecule has 0 atom stereocenters. The van der Waals surface area contributed by atoms with E-state index in [0.29, 0.717) is 24.1 Å². The second-order valence-electron chi connectivity index (χ2n) is 5.11. The maximum absolute atomic E-state index is 12.2. The van der Waals surface area contributed by atoms with Crippen molar-refractivity contribution in [2.75, 3.05) is 6.54 Å². The van der Waals surface area contributed by atoms with E-state index < -0.39 is 0 Å². The van der Waals surface area contributed by atoms with Crippen molar-refractivity contribution in [1.29, 1.82) is 0 Å². The van der Waals surface area contributed by atoms with Crippen LogP contribution in [0.2, 0.25) is 0 Å². The third kappa shape index (κ3) is 3.10. The van der Waals surface area contributed by atoms with Gasteiger partial charge in [-0.05, 0) is 24.1 Å². The minimum absolute atomic E-state index is 0.0557. The molecule has 118 valence electrons. The lowest BCUT2D eigenvalue weighted by Crippen LogP contribution is -2.33. The Morgan fingerprint density at radius 3 is 2.83 bits per heavy atom. The molecule has 0 unspecified atom stereocenters. The average Bonchev–Trinajstić information content (AvgIpc) is 2.81. The molecule has 0 saturated carbocycles. The molecule has 8 nitrogen and oxygen atoms in total. The van der Waals surface area contributed by atoms with Crippen LogP contribution in [-0.4, -0.2) is 36.5 Å². The average molecular weight is 312 g/mol. The van der Waals surface area contributed by atoms with Crippen LogP contribution in [0.5, 0.6) is 0 Å². The van der Waals surface area contributed by atoms with Gasteiger partial charge in [-0.15, -0.1) is 0 Å². The predicted molar refractivity (Wildman–Crippen MR) is 83.7 cm³/mol. The van der Waals surface area contributed by atoms with E-state index in [9.17, 15) is 9.59 Å². The lowest BCUT2D eigenvalue weighted by atomic mass is 10.2. The molecule has 0 saturated heterocycles. The Balaban J connectivity index is 1.67. The third-order valence-electron chi connectivity index (χ3n) is 3.59. The van der Waals surface area contributed by atoms with E-state index in [0.717, 1.165) is 5.56 Å². The first-order valence-corrected chi connectivity index (χ1v) is 7.17. The van der Waals surface area contributed by atoms with Crippen LogP contribution in [-0.2, 0) is 24.8 Å². The van der Waals surface area contributed by atoms with Crippen molar-refractivity contribution < 1.29 is 4.79 Å². The van der Waals surface area contributed by atoms with Gasteiger partial charge in [0.25, 0.3) is 0 Å². The summed E-state index contributed by atoms with van der Waals surface area (Å²) in [5.41, 5.74) is 1.86. The van der Waals surface area contributed by atoms with Crippen LogP contribution in [0.3, 0.4) is 0 Å². The number of nitrogens with zero attached hydrogens (tertiary/aromatic N) is 5. The van der Waals surface area contributed by atoms with E-state index in [-0.39, 0.29) is 18.1 Å². The number of imidazole rings is 1. The Bertz CT molecular complexity index is 884. The smallest absolute Gasteiger partial charge is 0.330 e. The number of rotatable bonds is 5. The predicted octanol–water partition coefficient (Wildman–Crippen LogP) is -0.116. The topological polar surface area (TPSA) is 94.7 Å². The van der Waals surface area contributed by atoms with Gasteiger partial charge >= 0.3 is 5.69 Å². The monoisotopic (exact) mass is 312 g/mol. The maximum Gasteiger partial charge on any atom is 0.330 e. The summed E-state index contributed by atoms with van der Waals surface area (Å²) in [5.74, 6) is -0.225. The van der Waals surface area contributed by atoms with Gasteiger partial charge in [-0.2, -0.15) is 0 Å². The molecule has 0 aliphatic rings. The van der Waals surface area contributed by atoms with Crippen molar-refractivity contribution in [1.82, 2.24) is 29.4 Å². The molecule has 3 aromatic rings. The zero-order chi connectivity index (χ0) is 16.2. The van der Waals surface area contributed by atoms with Crippen molar-refractivity contribution in [2.45, 2.75) is 13.0 Å². The molecular weight excluding hydrogens is 296 g/mol. The molecular formula is C15H16N6O2. The van der Waals surface area contributed by atoms with E-state index >= 15 is 0 Å². The lowest BCUT2D eigenvalue weighted by Gasteiger charge is -2.06. The zero-order valence-electron chi connectivity index (χ0n) is 12.6. The molecule has 3 rings (SSSR count). The Hall–Kier alpha value is -3.03. The molecule has 0 radical (unpaired) electrons. The Morgan fingerprint density at radius 2 is 2.04 bits per heavy atom. The fourth-order valence-electron chi connectivity index (χ4n) is 2.39. The highest BCUT2D eigenvalue weighted by molar-refractivity contribution is 5.78. The summed E-state index contributed by atoms with van der Waals surface area (Å²) in [7, 11) is 1.62. The Morgan fingerprint density at radius 1 is 1.26 bits per heavy atom. The van der Waals surface area contributed by atoms with E-state index in [4.69, 9.17) is 0 Å². The lowest BCUT2D eigenvalue weighted by molar-refractivity contribution is -0.121. The first-order chi connectivity index (χ1) is 11.2. The van der Waals surface area contributed by atoms with Crippen molar-refractivity contribution in [3.05, 3.63) is 53.1 Å². The van der Waals surface area contributed by atoms with Gasteiger partial charge in [0.1, 0.15) is 18.4 Å². The summed E-state index contributed by atoms with van der Waals surface area (Å²) in [6.07, 6.45) is 7.05. The molecule has 0 bridgehead atoms. The minimum Gasteiger partial charge on any atom is -0.354 e. The molecule has 1 N–H and O–H groups in total. The van der Waals surface area contributed by atoms with E-state index in [1.165, 1.54) is 21.7 Å². The number of aryl methyl sites for hydroxylation is 1. The van der Waals surface area contributed by atoms with Gasteiger partial charge in [0.2, 0.25) is 5.91 Å². The second-order valence-corrected chi connectivity index (χ2v) is 5.11. The van der Waals surface area contributed by atoms with Crippen molar-refractivity contribution in [2.24, 2.45) is 7.05 Å². The SMILES string of the molecule is Cn1c(=O)n(CC(=O)NCCc2ccncc2)c2cncnc21. The molecule has 3 aromatic heterocycles. The van der Waals surface area contributed by atoms with Gasteiger partial charge in [-0.3, -0.25) is 18.9 Å². The summed E-state index contributed by atoms with van der Waals surface area (Å²) in [5, 5.41) is 2.81. The van der Waals surface area contributed by atoms with E-state index in [1.807, 2.05) is 12.1 Å². The summed E-state index contributed by atoms with van der Waals surface area (Å²) in [6.45, 7) is 0.443. The molecule has 0 aromatic carbocycles. The highest BCUT2D eigenvalue weighted by Gasteiger charge is 2.14. The minimum atomic E-state index is -0.287. The van der Waals surface area contributed by atoms with E-state index in [2.05, 4.69) is 20.3 Å². The molecule has 0 spiro atoms. The third-order valence-corrected chi connectivity index (χ3v) is 3.59. The number of aromatic nitrogens is 5. The van der Waals surface area contributed by atoms with Gasteiger partial charge in [0.05, 0.1) is 6.20 Å². The first kappa shape index (κ1) is 14.9. The van der Waals surface area contributed by atoms with Crippen LogP contribution in [0.4, 0.5) is 0 Å². The van der Waals surface area contributed by atoms with Crippen LogP contribution >= 0.6 is 0 Å². The number of hydrogen-bond acceptors (Lipinski definition) is 5. The maximum atomic E-state index is 12.2. The normalized spacial score (nSPS) is 10.8. The summed E-state index contributed by atoms with van der Waals surface area (Å²) >= 11 is 0. The van der Waals surface area contributed by atoms with Crippen LogP contribution in [0.25, 0.3) is 11.2 Å². The summed E-state index contributed by atoms with van der Waals surface area (Å²) in [6, 6.07) is 3.80. The molecule has 8 heteroatoms. The number of carbonyl (C=O) groups excluding carboxylic acids is 1. The summed E-state index contributed by atoms with van der Waals surface area (Å²) < 4.78 is 2.78. The number of hydrogen-bond donors (Lipinski definition) is 1. The van der Waals surface area contributed by atoms with Crippen LogP contribution < -0.4 is 11.0 Å². The zero-order valence-corrected chi connectivity index (χ0v) is 12.6. The van der Waals surface area contributed by atoms with Gasteiger partial charge < -0.3 is 5.32 Å². The van der Waals surface area contributed by atoms with Gasteiger partial charge in [0, 0.05) is 26.0 Å². The van der Waals surface area contributed by atoms with Crippen LogP contribution in [0, 0.1) is 0 Å². The molecule has 23 heavy (non-hydrogen) atoms. The van der Waals surface area contributed by atoms with Crippen LogP contribution in [0.15, 0.2) is 41.8 Å². The Kier molecular flexibility index (Phi) is 4.13. The Labute approximate surface area is 131 Å². The number of nitrogens with one attached hydrogen (secondary N) is 1. The largest absolute Gasteiger partial charge is 0.354 e. The number of carbonyl (C=O) groups is 1. The number of amides is 1. The molecule has 1 amide bonds. The van der Waals surface area contributed by atoms with Crippen molar-refractivity contribution in [3.8, 4) is 0 Å². The van der Waals surface area contributed by atoms with Crippen molar-refractivity contribution in [3.63, 3.8) is 0 Å². The highest BCUT2D eigenvalue weighted by Crippen LogP contribution is 2.06. The number of pyridine rings is 1. The van der Waals surface area contributed by atoms with Gasteiger partial charge in [-0.25, -0.2) is 14.8 Å². The second kappa shape index (κ2) is 6.39. The van der Waals surface area contributed by atoms with Crippen LogP contribution in [0.1, 0.15) is 5.56 Å². The van der Waals surface area contributed by atoms with Crippen molar-refractivity contribution >= 4 is 17.1 Å². The standard InChI is InChI=1S/C15H16N6O2/c1-20-14-12(8-17-10-19-14)21(15(20)23)9-13(22)18-7-4-11-2-5-16-6-3-11/h2-3,5-6,8,10H,4,7,9H2,1H3,(H,18,22). The quantitative estimate of drug-likeness (QED) is 0.709. The van der Waals surface area contributed by atoms with E-state index in [1.54, 1.807) is 19.4 Å². The molecule has 0 aliphatic carbocycles. The van der Waals surface area contributed by atoms with Gasteiger partial charge in [0.15, 0.2) is 5.65 Å². The molecule has 0 aliphatic heterocycles. The highest BCUT2D eigenvalue weighted by atomic mass is 16.2. The fraction of sp³-hybridized carbons (Fsp3) is 0.267.